The van der Waals surface area contributed by atoms with E-state index in [2.05, 4.69) is 23.3 Å². The van der Waals surface area contributed by atoms with E-state index in [0.29, 0.717) is 5.69 Å². The van der Waals surface area contributed by atoms with E-state index in [9.17, 15) is 4.79 Å². The van der Waals surface area contributed by atoms with Gasteiger partial charge in [0.1, 0.15) is 5.69 Å². The van der Waals surface area contributed by atoms with Crippen molar-refractivity contribution >= 4 is 6.29 Å². The van der Waals surface area contributed by atoms with Gasteiger partial charge in [0, 0.05) is 5.56 Å². The number of benzene rings is 2. The van der Waals surface area contributed by atoms with Crippen LogP contribution in [0.1, 0.15) is 21.6 Å². The molecule has 0 atom stereocenters. The van der Waals surface area contributed by atoms with Crippen LogP contribution in [0.2, 0.25) is 0 Å². The molecule has 104 valence electrons. The Hall–Kier alpha value is -2.75. The number of nitrogens with zero attached hydrogens (tertiary/aromatic N) is 3. The minimum absolute atomic E-state index is 0.349. The first-order valence-corrected chi connectivity index (χ1v) is 6.75. The molecule has 0 aliphatic carbocycles. The predicted molar refractivity (Wildman–Crippen MR) is 81.7 cm³/mol. The Morgan fingerprint density at radius 1 is 1.00 bits per heavy atom. The third kappa shape index (κ3) is 2.25. The Morgan fingerprint density at radius 3 is 2.48 bits per heavy atom. The van der Waals surface area contributed by atoms with Crippen LogP contribution in [0.15, 0.2) is 48.5 Å². The molecule has 0 unspecified atom stereocenters. The molecule has 3 rings (SSSR count). The summed E-state index contributed by atoms with van der Waals surface area (Å²) >= 11 is 0. The Morgan fingerprint density at radius 2 is 1.76 bits per heavy atom. The Bertz CT molecular complexity index is 791. The van der Waals surface area contributed by atoms with Crippen LogP contribution in [0.5, 0.6) is 0 Å². The summed E-state index contributed by atoms with van der Waals surface area (Å²) < 4.78 is 1.74. The average molecular weight is 277 g/mol. The maximum absolute atomic E-state index is 11.3. The molecule has 0 spiro atoms. The van der Waals surface area contributed by atoms with E-state index in [1.807, 2.05) is 49.4 Å². The highest BCUT2D eigenvalue weighted by molar-refractivity contribution is 5.84. The number of hydrogen-bond acceptors (Lipinski definition) is 3. The van der Waals surface area contributed by atoms with E-state index < -0.39 is 0 Å². The van der Waals surface area contributed by atoms with Crippen LogP contribution in [0, 0.1) is 13.8 Å². The molecule has 2 aromatic carbocycles. The summed E-state index contributed by atoms with van der Waals surface area (Å²) in [5.74, 6) is 0. The molecule has 0 N–H and O–H groups in total. The second-order valence-electron chi connectivity index (χ2n) is 4.94. The van der Waals surface area contributed by atoms with Gasteiger partial charge in [-0.2, -0.15) is 0 Å². The lowest BCUT2D eigenvalue weighted by Crippen LogP contribution is -2.03. The maximum Gasteiger partial charge on any atom is 0.172 e. The van der Waals surface area contributed by atoms with Crippen molar-refractivity contribution < 1.29 is 4.79 Å². The summed E-state index contributed by atoms with van der Waals surface area (Å²) in [6, 6.07) is 15.7. The van der Waals surface area contributed by atoms with Gasteiger partial charge in [-0.15, -0.1) is 5.10 Å². The second kappa shape index (κ2) is 5.32. The summed E-state index contributed by atoms with van der Waals surface area (Å²) in [4.78, 5) is 11.3. The Kier molecular flexibility index (Phi) is 3.36. The zero-order chi connectivity index (χ0) is 14.8. The van der Waals surface area contributed by atoms with Crippen molar-refractivity contribution in [3.05, 3.63) is 65.4 Å². The van der Waals surface area contributed by atoms with Crippen LogP contribution in [-0.4, -0.2) is 21.3 Å². The van der Waals surface area contributed by atoms with Crippen molar-refractivity contribution in [3.8, 4) is 16.9 Å². The van der Waals surface area contributed by atoms with Gasteiger partial charge in [-0.25, -0.2) is 4.68 Å². The first kappa shape index (κ1) is 13.2. The van der Waals surface area contributed by atoms with E-state index in [1.165, 1.54) is 5.56 Å². The molecule has 3 aromatic rings. The number of aldehydes is 1. The summed E-state index contributed by atoms with van der Waals surface area (Å²) in [5, 5.41) is 8.17. The molecule has 0 saturated carbocycles. The largest absolute Gasteiger partial charge is 0.296 e. The molecule has 0 bridgehead atoms. The van der Waals surface area contributed by atoms with Crippen LogP contribution in [-0.2, 0) is 0 Å². The molecule has 1 heterocycles. The normalized spacial score (nSPS) is 10.6. The SMILES string of the molecule is Cc1cccc(-n2nnc(C=O)c2-c2ccccc2)c1C. The van der Waals surface area contributed by atoms with Gasteiger partial charge in [-0.05, 0) is 31.0 Å². The van der Waals surface area contributed by atoms with E-state index in [1.54, 1.807) is 4.68 Å². The van der Waals surface area contributed by atoms with Gasteiger partial charge in [-0.3, -0.25) is 4.79 Å². The van der Waals surface area contributed by atoms with Crippen LogP contribution in [0.4, 0.5) is 0 Å². The first-order chi connectivity index (χ1) is 10.2. The molecule has 1 aromatic heterocycles. The number of carbonyl (C=O) groups excluding carboxylic acids is 1. The van der Waals surface area contributed by atoms with Crippen LogP contribution in [0.3, 0.4) is 0 Å². The molecule has 21 heavy (non-hydrogen) atoms. The number of rotatable bonds is 3. The summed E-state index contributed by atoms with van der Waals surface area (Å²) in [5.41, 5.74) is 5.23. The quantitative estimate of drug-likeness (QED) is 0.690. The molecular formula is C17H15N3O. The van der Waals surface area contributed by atoms with Gasteiger partial charge in [0.15, 0.2) is 12.0 Å². The van der Waals surface area contributed by atoms with Gasteiger partial charge in [0.05, 0.1) is 5.69 Å². The lowest BCUT2D eigenvalue weighted by molar-refractivity contribution is 0.111. The number of aromatic nitrogens is 3. The predicted octanol–water partition coefficient (Wildman–Crippen LogP) is 3.36. The second-order valence-corrected chi connectivity index (χ2v) is 4.94. The van der Waals surface area contributed by atoms with Crippen molar-refractivity contribution in [2.75, 3.05) is 0 Å². The number of hydrogen-bond donors (Lipinski definition) is 0. The van der Waals surface area contributed by atoms with Gasteiger partial charge >= 0.3 is 0 Å². The van der Waals surface area contributed by atoms with Crippen LogP contribution < -0.4 is 0 Å². The van der Waals surface area contributed by atoms with Crippen LogP contribution in [0.25, 0.3) is 16.9 Å². The highest BCUT2D eigenvalue weighted by Crippen LogP contribution is 2.26. The third-order valence-electron chi connectivity index (χ3n) is 3.66. The van der Waals surface area contributed by atoms with Crippen molar-refractivity contribution in [2.45, 2.75) is 13.8 Å². The minimum Gasteiger partial charge on any atom is -0.296 e. The van der Waals surface area contributed by atoms with Gasteiger partial charge in [-0.1, -0.05) is 47.7 Å². The molecule has 0 fully saturated rings. The standard InChI is InChI=1S/C17H15N3O/c1-12-7-6-10-16(13(12)2)20-17(15(11-21)18-19-20)14-8-4-3-5-9-14/h3-11H,1-2H3. The van der Waals surface area contributed by atoms with E-state index >= 15 is 0 Å². The average Bonchev–Trinajstić information content (AvgIpc) is 2.94. The molecule has 4 nitrogen and oxygen atoms in total. The Labute approximate surface area is 123 Å². The van der Waals surface area contributed by atoms with Crippen molar-refractivity contribution in [1.82, 2.24) is 15.0 Å². The lowest BCUT2D eigenvalue weighted by atomic mass is 10.1. The molecular weight excluding hydrogens is 262 g/mol. The molecule has 0 aliphatic heterocycles. The lowest BCUT2D eigenvalue weighted by Gasteiger charge is -2.11. The van der Waals surface area contributed by atoms with Gasteiger partial charge < -0.3 is 0 Å². The van der Waals surface area contributed by atoms with Crippen molar-refractivity contribution in [3.63, 3.8) is 0 Å². The summed E-state index contributed by atoms with van der Waals surface area (Å²) in [6.45, 7) is 4.10. The van der Waals surface area contributed by atoms with E-state index in [-0.39, 0.29) is 0 Å². The van der Waals surface area contributed by atoms with Gasteiger partial charge in [0.25, 0.3) is 0 Å². The highest BCUT2D eigenvalue weighted by atomic mass is 16.1. The highest BCUT2D eigenvalue weighted by Gasteiger charge is 2.17. The monoisotopic (exact) mass is 277 g/mol. The zero-order valence-electron chi connectivity index (χ0n) is 11.9. The molecule has 0 saturated heterocycles. The molecule has 0 aliphatic rings. The first-order valence-electron chi connectivity index (χ1n) is 6.75. The summed E-state index contributed by atoms with van der Waals surface area (Å²) in [7, 11) is 0. The maximum atomic E-state index is 11.3. The topological polar surface area (TPSA) is 47.8 Å². The van der Waals surface area contributed by atoms with Crippen molar-refractivity contribution in [1.29, 1.82) is 0 Å². The summed E-state index contributed by atoms with van der Waals surface area (Å²) in [6.07, 6.45) is 0.747. The third-order valence-corrected chi connectivity index (χ3v) is 3.66. The zero-order valence-corrected chi connectivity index (χ0v) is 11.9. The number of carbonyl (C=O) groups is 1. The minimum atomic E-state index is 0.349. The fourth-order valence-corrected chi connectivity index (χ4v) is 2.37. The number of aryl methyl sites for hydroxylation is 1. The van der Waals surface area contributed by atoms with Crippen LogP contribution >= 0.6 is 0 Å². The van der Waals surface area contributed by atoms with Gasteiger partial charge in [0.2, 0.25) is 0 Å². The Balaban J connectivity index is 2.28. The molecule has 0 amide bonds. The van der Waals surface area contributed by atoms with Crippen molar-refractivity contribution in [2.24, 2.45) is 0 Å². The molecule has 4 heteroatoms. The molecule has 0 radical (unpaired) electrons. The van der Waals surface area contributed by atoms with E-state index in [4.69, 9.17) is 0 Å². The van der Waals surface area contributed by atoms with E-state index in [0.717, 1.165) is 28.8 Å². The smallest absolute Gasteiger partial charge is 0.172 e. The fourth-order valence-electron chi connectivity index (χ4n) is 2.37. The fraction of sp³-hybridized carbons (Fsp3) is 0.118.